The van der Waals surface area contributed by atoms with Gasteiger partial charge < -0.3 is 10.6 Å². The van der Waals surface area contributed by atoms with E-state index in [0.29, 0.717) is 19.5 Å². The van der Waals surface area contributed by atoms with Gasteiger partial charge in [0.2, 0.25) is 15.9 Å². The van der Waals surface area contributed by atoms with Crippen LogP contribution < -0.4 is 10.6 Å². The molecule has 2 N–H and O–H groups in total. The predicted octanol–water partition coefficient (Wildman–Crippen LogP) is 2.66. The molecule has 3 rings (SSSR count). The van der Waals surface area contributed by atoms with Crippen LogP contribution in [-0.2, 0) is 27.8 Å². The summed E-state index contributed by atoms with van der Waals surface area (Å²) in [6.07, 6.45) is 0.544. The molecule has 2 aromatic rings. The Hall–Kier alpha value is -2.98. The number of hydrogen-bond acceptors (Lipinski definition) is 6. The number of aryl methyl sites for hydroxylation is 1. The van der Waals surface area contributed by atoms with Gasteiger partial charge in [-0.3, -0.25) is 14.9 Å². The highest BCUT2D eigenvalue weighted by Crippen LogP contribution is 2.28. The Bertz CT molecular complexity index is 1080. The molecule has 1 aliphatic rings. The number of sulfonamides is 1. The fourth-order valence-corrected chi connectivity index (χ4v) is 4.51. The van der Waals surface area contributed by atoms with Gasteiger partial charge in [0.05, 0.1) is 17.2 Å². The maximum absolute atomic E-state index is 12.4. The Morgan fingerprint density at radius 2 is 2.00 bits per heavy atom. The minimum atomic E-state index is -3.26. The number of rotatable bonds is 7. The average molecular weight is 433 g/mol. The molecule has 10 heteroatoms. The summed E-state index contributed by atoms with van der Waals surface area (Å²) in [6, 6.07) is 10.1. The maximum Gasteiger partial charge on any atom is 0.293 e. The molecule has 160 valence electrons. The molecule has 1 aliphatic heterocycles. The second kappa shape index (κ2) is 8.80. The summed E-state index contributed by atoms with van der Waals surface area (Å²) in [7, 11) is -3.26. The second-order valence-electron chi connectivity index (χ2n) is 7.11. The van der Waals surface area contributed by atoms with Crippen LogP contribution in [0.2, 0.25) is 0 Å². The van der Waals surface area contributed by atoms with E-state index >= 15 is 0 Å². The molecule has 30 heavy (non-hydrogen) atoms. The van der Waals surface area contributed by atoms with Crippen molar-refractivity contribution in [1.29, 1.82) is 0 Å². The van der Waals surface area contributed by atoms with Crippen LogP contribution in [0.1, 0.15) is 23.6 Å². The molecule has 0 atom stereocenters. The van der Waals surface area contributed by atoms with Crippen LogP contribution in [0, 0.1) is 17.0 Å². The Kier molecular flexibility index (Phi) is 6.37. The van der Waals surface area contributed by atoms with Crippen molar-refractivity contribution in [3.63, 3.8) is 0 Å². The predicted molar refractivity (Wildman–Crippen MR) is 115 cm³/mol. The van der Waals surface area contributed by atoms with Gasteiger partial charge in [0.15, 0.2) is 0 Å². The summed E-state index contributed by atoms with van der Waals surface area (Å²) in [5.41, 5.74) is 3.36. The lowest BCUT2D eigenvalue weighted by Crippen LogP contribution is -2.37. The molecule has 1 heterocycles. The molecule has 0 saturated carbocycles. The standard InChI is InChI=1S/C20H24N4O5S/c1-3-30(28,29)23-10-9-16-15(13-23)5-4-6-17(16)21-12-20(25)22-18-8-7-14(2)11-19(18)24(26)27/h4-8,11,21H,3,9-10,12-13H2,1-2H3,(H,22,25). The Balaban J connectivity index is 1.69. The fourth-order valence-electron chi connectivity index (χ4n) is 3.44. The van der Waals surface area contributed by atoms with Crippen LogP contribution in [0.15, 0.2) is 36.4 Å². The molecule has 0 spiro atoms. The molecule has 1 amide bonds. The van der Waals surface area contributed by atoms with Crippen LogP contribution in [0.4, 0.5) is 17.1 Å². The summed E-state index contributed by atoms with van der Waals surface area (Å²) >= 11 is 0. The van der Waals surface area contributed by atoms with Crippen molar-refractivity contribution in [2.45, 2.75) is 26.8 Å². The molecule has 0 aromatic heterocycles. The second-order valence-corrected chi connectivity index (χ2v) is 9.36. The number of carbonyl (C=O) groups excluding carboxylic acids is 1. The van der Waals surface area contributed by atoms with Crippen LogP contribution >= 0.6 is 0 Å². The van der Waals surface area contributed by atoms with E-state index in [1.54, 1.807) is 19.9 Å². The lowest BCUT2D eigenvalue weighted by atomic mass is 9.99. The third kappa shape index (κ3) is 4.77. The van der Waals surface area contributed by atoms with Crippen LogP contribution in [0.3, 0.4) is 0 Å². The van der Waals surface area contributed by atoms with E-state index in [-0.39, 0.29) is 23.7 Å². The maximum atomic E-state index is 12.4. The molecule has 0 saturated heterocycles. The molecular weight excluding hydrogens is 408 g/mol. The van der Waals surface area contributed by atoms with E-state index < -0.39 is 20.9 Å². The molecule has 0 fully saturated rings. The van der Waals surface area contributed by atoms with E-state index in [9.17, 15) is 23.3 Å². The molecule has 0 bridgehead atoms. The highest BCUT2D eigenvalue weighted by atomic mass is 32.2. The zero-order valence-corrected chi connectivity index (χ0v) is 17.7. The van der Waals surface area contributed by atoms with Crippen LogP contribution in [0.5, 0.6) is 0 Å². The number of benzene rings is 2. The first kappa shape index (κ1) is 21.7. The van der Waals surface area contributed by atoms with E-state index in [0.717, 1.165) is 22.4 Å². The molecule has 2 aromatic carbocycles. The van der Waals surface area contributed by atoms with Gasteiger partial charge >= 0.3 is 0 Å². The third-order valence-corrected chi connectivity index (χ3v) is 6.88. The number of fused-ring (bicyclic) bond motifs is 1. The van der Waals surface area contributed by atoms with Gasteiger partial charge in [0.1, 0.15) is 5.69 Å². The van der Waals surface area contributed by atoms with E-state index in [1.807, 2.05) is 18.2 Å². The lowest BCUT2D eigenvalue weighted by molar-refractivity contribution is -0.384. The van der Waals surface area contributed by atoms with Crippen molar-refractivity contribution in [2.75, 3.05) is 29.5 Å². The van der Waals surface area contributed by atoms with Gasteiger partial charge in [-0.25, -0.2) is 8.42 Å². The number of nitro benzene ring substituents is 1. The number of nitro groups is 1. The van der Waals surface area contributed by atoms with Crippen molar-refractivity contribution in [3.05, 3.63) is 63.2 Å². The first-order valence-corrected chi connectivity index (χ1v) is 11.2. The zero-order chi connectivity index (χ0) is 21.9. The summed E-state index contributed by atoms with van der Waals surface area (Å²) < 4.78 is 25.8. The van der Waals surface area contributed by atoms with Gasteiger partial charge in [-0.05, 0) is 49.1 Å². The quantitative estimate of drug-likeness (QED) is 0.512. The smallest absolute Gasteiger partial charge is 0.293 e. The molecule has 9 nitrogen and oxygen atoms in total. The highest BCUT2D eigenvalue weighted by Gasteiger charge is 2.26. The molecule has 0 radical (unpaired) electrons. The highest BCUT2D eigenvalue weighted by molar-refractivity contribution is 7.89. The van der Waals surface area contributed by atoms with Gasteiger partial charge in [-0.15, -0.1) is 0 Å². The number of amides is 1. The largest absolute Gasteiger partial charge is 0.376 e. The number of hydrogen-bond donors (Lipinski definition) is 2. The van der Waals surface area contributed by atoms with Crippen molar-refractivity contribution in [2.24, 2.45) is 0 Å². The topological polar surface area (TPSA) is 122 Å². The van der Waals surface area contributed by atoms with Gasteiger partial charge in [0.25, 0.3) is 5.69 Å². The number of carbonyl (C=O) groups is 1. The third-order valence-electron chi connectivity index (χ3n) is 5.05. The Morgan fingerprint density at radius 3 is 2.70 bits per heavy atom. The molecule has 0 unspecified atom stereocenters. The van der Waals surface area contributed by atoms with Crippen LogP contribution in [0.25, 0.3) is 0 Å². The van der Waals surface area contributed by atoms with E-state index in [1.165, 1.54) is 16.4 Å². The van der Waals surface area contributed by atoms with Gasteiger partial charge in [0, 0.05) is 24.8 Å². The summed E-state index contributed by atoms with van der Waals surface area (Å²) in [5.74, 6) is -0.350. The summed E-state index contributed by atoms with van der Waals surface area (Å²) in [4.78, 5) is 23.0. The fraction of sp³-hybridized carbons (Fsp3) is 0.350. The molecule has 0 aliphatic carbocycles. The first-order valence-electron chi connectivity index (χ1n) is 9.58. The van der Waals surface area contributed by atoms with Crippen molar-refractivity contribution in [3.8, 4) is 0 Å². The van der Waals surface area contributed by atoms with E-state index in [2.05, 4.69) is 10.6 Å². The first-order chi connectivity index (χ1) is 14.2. The molecular formula is C20H24N4O5S. The number of nitrogens with one attached hydrogen (secondary N) is 2. The van der Waals surface area contributed by atoms with Crippen molar-refractivity contribution < 1.29 is 18.1 Å². The summed E-state index contributed by atoms with van der Waals surface area (Å²) in [6.45, 7) is 4.00. The zero-order valence-electron chi connectivity index (χ0n) is 16.8. The number of anilines is 2. The normalized spacial score (nSPS) is 14.1. The van der Waals surface area contributed by atoms with Gasteiger partial charge in [-0.2, -0.15) is 4.31 Å². The minimum Gasteiger partial charge on any atom is -0.376 e. The van der Waals surface area contributed by atoms with Crippen molar-refractivity contribution >= 4 is 33.0 Å². The van der Waals surface area contributed by atoms with Gasteiger partial charge in [-0.1, -0.05) is 18.2 Å². The lowest BCUT2D eigenvalue weighted by Gasteiger charge is -2.29. The number of nitrogens with zero attached hydrogens (tertiary/aromatic N) is 2. The Morgan fingerprint density at radius 1 is 1.23 bits per heavy atom. The Labute approximate surface area is 175 Å². The SMILES string of the molecule is CCS(=O)(=O)N1CCc2c(cccc2NCC(=O)Nc2ccc(C)cc2[N+](=O)[O-])C1. The van der Waals surface area contributed by atoms with E-state index in [4.69, 9.17) is 0 Å². The monoisotopic (exact) mass is 432 g/mol. The minimum absolute atomic E-state index is 0.0611. The van der Waals surface area contributed by atoms with Crippen molar-refractivity contribution in [1.82, 2.24) is 4.31 Å². The summed E-state index contributed by atoms with van der Waals surface area (Å²) in [5, 5.41) is 16.8. The average Bonchev–Trinajstić information content (AvgIpc) is 2.72. The van der Waals surface area contributed by atoms with Crippen LogP contribution in [-0.4, -0.2) is 42.4 Å².